The fourth-order valence-corrected chi connectivity index (χ4v) is 2.11. The molecule has 0 aliphatic carbocycles. The monoisotopic (exact) mass is 289 g/mol. The largest absolute Gasteiger partial charge is 0.493 e. The van der Waals surface area contributed by atoms with E-state index < -0.39 is 0 Å². The van der Waals surface area contributed by atoms with Crippen LogP contribution in [-0.4, -0.2) is 13.7 Å². The zero-order valence-electron chi connectivity index (χ0n) is 12.9. The summed E-state index contributed by atoms with van der Waals surface area (Å²) in [6.45, 7) is 6.31. The van der Waals surface area contributed by atoms with Crippen LogP contribution >= 0.6 is 0 Å². The van der Waals surface area contributed by atoms with Gasteiger partial charge in [-0.1, -0.05) is 19.9 Å². The van der Waals surface area contributed by atoms with Crippen molar-refractivity contribution in [3.8, 4) is 11.5 Å². The van der Waals surface area contributed by atoms with Crippen molar-refractivity contribution >= 4 is 0 Å². The van der Waals surface area contributed by atoms with Gasteiger partial charge in [0.15, 0.2) is 11.5 Å². The number of hydrogen-bond acceptors (Lipinski definition) is 4. The molecule has 21 heavy (non-hydrogen) atoms. The van der Waals surface area contributed by atoms with Crippen LogP contribution in [0.5, 0.6) is 11.5 Å². The SMILES string of the molecule is CCNCc1ccoc1COc1ccc(CC)cc1OC. The van der Waals surface area contributed by atoms with Crippen LogP contribution in [0.3, 0.4) is 0 Å². The Morgan fingerprint density at radius 1 is 1.14 bits per heavy atom. The molecule has 0 spiro atoms. The third-order valence-electron chi connectivity index (χ3n) is 3.40. The Hall–Kier alpha value is -1.94. The molecule has 0 amide bonds. The van der Waals surface area contributed by atoms with Crippen LogP contribution in [0.15, 0.2) is 34.9 Å². The van der Waals surface area contributed by atoms with Crippen molar-refractivity contribution in [2.24, 2.45) is 0 Å². The first-order valence-corrected chi connectivity index (χ1v) is 7.34. The summed E-state index contributed by atoms with van der Waals surface area (Å²) in [5, 5.41) is 3.29. The lowest BCUT2D eigenvalue weighted by atomic mass is 10.1. The molecule has 0 unspecified atom stereocenters. The number of furan rings is 1. The second-order valence-corrected chi connectivity index (χ2v) is 4.78. The molecule has 0 aliphatic rings. The van der Waals surface area contributed by atoms with Crippen molar-refractivity contribution in [1.82, 2.24) is 5.32 Å². The maximum Gasteiger partial charge on any atom is 0.161 e. The molecule has 114 valence electrons. The van der Waals surface area contributed by atoms with Crippen molar-refractivity contribution in [1.29, 1.82) is 0 Å². The first-order valence-electron chi connectivity index (χ1n) is 7.34. The second kappa shape index (κ2) is 7.74. The molecular formula is C17H23NO3. The molecule has 0 atom stereocenters. The second-order valence-electron chi connectivity index (χ2n) is 4.78. The summed E-state index contributed by atoms with van der Waals surface area (Å²) in [5.41, 5.74) is 2.35. The molecule has 0 fully saturated rings. The highest BCUT2D eigenvalue weighted by atomic mass is 16.5. The average Bonchev–Trinajstić information content (AvgIpc) is 2.98. The normalized spacial score (nSPS) is 10.6. The van der Waals surface area contributed by atoms with Gasteiger partial charge in [-0.3, -0.25) is 0 Å². The molecule has 0 bridgehead atoms. The van der Waals surface area contributed by atoms with Crippen molar-refractivity contribution in [2.45, 2.75) is 33.4 Å². The van der Waals surface area contributed by atoms with Crippen molar-refractivity contribution in [3.05, 3.63) is 47.4 Å². The van der Waals surface area contributed by atoms with Gasteiger partial charge in [0, 0.05) is 12.1 Å². The van der Waals surface area contributed by atoms with Crippen molar-refractivity contribution in [2.75, 3.05) is 13.7 Å². The van der Waals surface area contributed by atoms with Gasteiger partial charge >= 0.3 is 0 Å². The number of benzene rings is 1. The minimum Gasteiger partial charge on any atom is -0.493 e. The smallest absolute Gasteiger partial charge is 0.161 e. The molecule has 0 aliphatic heterocycles. The van der Waals surface area contributed by atoms with Gasteiger partial charge in [-0.25, -0.2) is 0 Å². The number of aryl methyl sites for hydroxylation is 1. The molecule has 4 nitrogen and oxygen atoms in total. The van der Waals surface area contributed by atoms with Crippen LogP contribution < -0.4 is 14.8 Å². The van der Waals surface area contributed by atoms with E-state index in [0.29, 0.717) is 6.61 Å². The molecule has 1 N–H and O–H groups in total. The first kappa shape index (κ1) is 15.4. The van der Waals surface area contributed by atoms with Crippen molar-refractivity contribution < 1.29 is 13.9 Å². The Balaban J connectivity index is 2.04. The van der Waals surface area contributed by atoms with E-state index in [-0.39, 0.29) is 0 Å². The van der Waals surface area contributed by atoms with Gasteiger partial charge in [-0.2, -0.15) is 0 Å². The summed E-state index contributed by atoms with van der Waals surface area (Å²) in [6, 6.07) is 7.99. The van der Waals surface area contributed by atoms with Crippen LogP contribution in [0.25, 0.3) is 0 Å². The van der Waals surface area contributed by atoms with Gasteiger partial charge < -0.3 is 19.2 Å². The molecule has 0 saturated heterocycles. The van der Waals surface area contributed by atoms with Crippen LogP contribution in [0.2, 0.25) is 0 Å². The van der Waals surface area contributed by atoms with E-state index in [1.807, 2.05) is 18.2 Å². The van der Waals surface area contributed by atoms with Gasteiger partial charge in [0.25, 0.3) is 0 Å². The Bertz CT molecular complexity index is 563. The van der Waals surface area contributed by atoms with E-state index >= 15 is 0 Å². The average molecular weight is 289 g/mol. The topological polar surface area (TPSA) is 43.6 Å². The lowest BCUT2D eigenvalue weighted by Crippen LogP contribution is -2.12. The summed E-state index contributed by atoms with van der Waals surface area (Å²) in [7, 11) is 1.66. The molecule has 4 heteroatoms. The van der Waals surface area contributed by atoms with E-state index in [1.54, 1.807) is 13.4 Å². The van der Waals surface area contributed by atoms with E-state index in [0.717, 1.165) is 42.3 Å². The lowest BCUT2D eigenvalue weighted by molar-refractivity contribution is 0.254. The zero-order valence-corrected chi connectivity index (χ0v) is 12.9. The predicted octanol–water partition coefficient (Wildman–Crippen LogP) is 3.54. The predicted molar refractivity (Wildman–Crippen MR) is 82.8 cm³/mol. The Labute approximate surface area is 126 Å². The van der Waals surface area contributed by atoms with Gasteiger partial charge in [0.1, 0.15) is 12.4 Å². The molecule has 0 saturated carbocycles. The number of rotatable bonds is 8. The zero-order chi connectivity index (χ0) is 15.1. The summed E-state index contributed by atoms with van der Waals surface area (Å²) < 4.78 is 16.7. The molecule has 1 heterocycles. The Morgan fingerprint density at radius 3 is 2.71 bits per heavy atom. The molecule has 2 aromatic rings. The highest BCUT2D eigenvalue weighted by Crippen LogP contribution is 2.29. The summed E-state index contributed by atoms with van der Waals surface area (Å²) >= 11 is 0. The maximum atomic E-state index is 5.85. The molecule has 0 radical (unpaired) electrons. The van der Waals surface area contributed by atoms with E-state index in [1.165, 1.54) is 5.56 Å². The third-order valence-corrected chi connectivity index (χ3v) is 3.40. The first-order chi connectivity index (χ1) is 10.3. The summed E-state index contributed by atoms with van der Waals surface area (Å²) in [6.07, 6.45) is 2.67. The quantitative estimate of drug-likeness (QED) is 0.807. The summed E-state index contributed by atoms with van der Waals surface area (Å²) in [5.74, 6) is 2.34. The highest BCUT2D eigenvalue weighted by Gasteiger charge is 2.10. The van der Waals surface area contributed by atoms with E-state index in [4.69, 9.17) is 13.9 Å². The Morgan fingerprint density at radius 2 is 2.00 bits per heavy atom. The standard InChI is InChI=1S/C17H23NO3/c1-4-13-6-7-15(16(10-13)19-3)21-12-17-14(8-9-20-17)11-18-5-2/h6-10,18H,4-5,11-12H2,1-3H3. The Kier molecular flexibility index (Phi) is 5.69. The van der Waals surface area contributed by atoms with Crippen LogP contribution in [-0.2, 0) is 19.6 Å². The third kappa shape index (κ3) is 4.02. The number of nitrogens with one attached hydrogen (secondary N) is 1. The van der Waals surface area contributed by atoms with Crippen LogP contribution in [0.1, 0.15) is 30.7 Å². The van der Waals surface area contributed by atoms with Gasteiger partial charge in [-0.05, 0) is 36.7 Å². The lowest BCUT2D eigenvalue weighted by Gasteiger charge is -2.11. The van der Waals surface area contributed by atoms with Crippen molar-refractivity contribution in [3.63, 3.8) is 0 Å². The van der Waals surface area contributed by atoms with Crippen LogP contribution in [0.4, 0.5) is 0 Å². The molecule has 1 aromatic carbocycles. The minimum atomic E-state index is 0.398. The fourth-order valence-electron chi connectivity index (χ4n) is 2.11. The highest BCUT2D eigenvalue weighted by molar-refractivity contribution is 5.43. The number of hydrogen-bond donors (Lipinski definition) is 1. The molecule has 1 aromatic heterocycles. The maximum absolute atomic E-state index is 5.85. The van der Waals surface area contributed by atoms with E-state index in [9.17, 15) is 0 Å². The molecule has 2 rings (SSSR count). The van der Waals surface area contributed by atoms with Crippen LogP contribution in [0, 0.1) is 0 Å². The summed E-state index contributed by atoms with van der Waals surface area (Å²) in [4.78, 5) is 0. The van der Waals surface area contributed by atoms with E-state index in [2.05, 4.69) is 25.2 Å². The fraction of sp³-hybridized carbons (Fsp3) is 0.412. The van der Waals surface area contributed by atoms with Gasteiger partial charge in [-0.15, -0.1) is 0 Å². The minimum absolute atomic E-state index is 0.398. The van der Waals surface area contributed by atoms with Gasteiger partial charge in [0.05, 0.1) is 13.4 Å². The number of methoxy groups -OCH3 is 1. The number of ether oxygens (including phenoxy) is 2. The van der Waals surface area contributed by atoms with Gasteiger partial charge in [0.2, 0.25) is 0 Å². The molecular weight excluding hydrogens is 266 g/mol.